The van der Waals surface area contributed by atoms with E-state index in [1.807, 2.05) is 6.92 Å². The van der Waals surface area contributed by atoms with Crippen LogP contribution in [-0.4, -0.2) is 19.7 Å². The number of nitrogens with one attached hydrogen (secondary N) is 1. The zero-order valence-electron chi connectivity index (χ0n) is 10.9. The molecule has 0 radical (unpaired) electrons. The summed E-state index contributed by atoms with van der Waals surface area (Å²) in [4.78, 5) is 0. The van der Waals surface area contributed by atoms with Crippen LogP contribution in [0.3, 0.4) is 0 Å². The first-order valence-electron chi connectivity index (χ1n) is 6.78. The second-order valence-electron chi connectivity index (χ2n) is 4.77. The van der Waals surface area contributed by atoms with Crippen LogP contribution in [0.2, 0.25) is 0 Å². The van der Waals surface area contributed by atoms with Gasteiger partial charge in [-0.3, -0.25) is 0 Å². The van der Waals surface area contributed by atoms with Crippen LogP contribution in [0.5, 0.6) is 5.75 Å². The summed E-state index contributed by atoms with van der Waals surface area (Å²) in [5.74, 6) is 2.47. The van der Waals surface area contributed by atoms with E-state index in [0.717, 1.165) is 31.4 Å². The summed E-state index contributed by atoms with van der Waals surface area (Å²) in [6.07, 6.45) is 2.49. The molecule has 1 saturated heterocycles. The van der Waals surface area contributed by atoms with Gasteiger partial charge < -0.3 is 10.1 Å². The molecular weight excluding hydrogens is 210 g/mol. The SMILES string of the molecule is CCOc1cccc(C2CCNCC2CC)c1. The molecule has 0 spiro atoms. The summed E-state index contributed by atoms with van der Waals surface area (Å²) in [5, 5.41) is 3.49. The zero-order chi connectivity index (χ0) is 12.1. The zero-order valence-corrected chi connectivity index (χ0v) is 10.9. The van der Waals surface area contributed by atoms with E-state index in [2.05, 4.69) is 36.5 Å². The van der Waals surface area contributed by atoms with E-state index in [4.69, 9.17) is 4.74 Å². The van der Waals surface area contributed by atoms with Crippen LogP contribution in [0.4, 0.5) is 0 Å². The molecule has 1 fully saturated rings. The van der Waals surface area contributed by atoms with Crippen LogP contribution in [0.15, 0.2) is 24.3 Å². The number of hydrogen-bond donors (Lipinski definition) is 1. The van der Waals surface area contributed by atoms with Gasteiger partial charge in [-0.2, -0.15) is 0 Å². The standard InChI is InChI=1S/C15H23NO/c1-3-12-11-16-9-8-15(12)13-6-5-7-14(10-13)17-4-2/h5-7,10,12,15-16H,3-4,8-9,11H2,1-2H3. The molecule has 0 bridgehead atoms. The van der Waals surface area contributed by atoms with Crippen molar-refractivity contribution in [3.05, 3.63) is 29.8 Å². The van der Waals surface area contributed by atoms with Gasteiger partial charge in [0, 0.05) is 0 Å². The van der Waals surface area contributed by atoms with E-state index >= 15 is 0 Å². The first kappa shape index (κ1) is 12.4. The molecule has 0 aliphatic carbocycles. The van der Waals surface area contributed by atoms with Gasteiger partial charge in [0.05, 0.1) is 6.61 Å². The highest BCUT2D eigenvalue weighted by Gasteiger charge is 2.24. The number of ether oxygens (including phenoxy) is 1. The summed E-state index contributed by atoms with van der Waals surface area (Å²) in [7, 11) is 0. The Balaban J connectivity index is 2.16. The van der Waals surface area contributed by atoms with Gasteiger partial charge in [0.1, 0.15) is 5.75 Å². The normalized spacial score (nSPS) is 24.6. The molecule has 0 amide bonds. The van der Waals surface area contributed by atoms with Crippen LogP contribution >= 0.6 is 0 Å². The Labute approximate surface area is 104 Å². The lowest BCUT2D eigenvalue weighted by molar-refractivity contribution is 0.314. The van der Waals surface area contributed by atoms with Gasteiger partial charge in [-0.05, 0) is 56.0 Å². The van der Waals surface area contributed by atoms with Gasteiger partial charge in [0.15, 0.2) is 0 Å². The molecule has 1 aromatic rings. The van der Waals surface area contributed by atoms with Crippen molar-refractivity contribution in [3.8, 4) is 5.75 Å². The lowest BCUT2D eigenvalue weighted by Gasteiger charge is -2.32. The molecule has 1 aromatic carbocycles. The third-order valence-electron chi connectivity index (χ3n) is 3.73. The quantitative estimate of drug-likeness (QED) is 0.862. The van der Waals surface area contributed by atoms with Crippen molar-refractivity contribution in [1.29, 1.82) is 0 Å². The Kier molecular flexibility index (Phi) is 4.43. The van der Waals surface area contributed by atoms with Crippen LogP contribution < -0.4 is 10.1 Å². The number of benzene rings is 1. The molecule has 17 heavy (non-hydrogen) atoms. The molecule has 2 nitrogen and oxygen atoms in total. The summed E-state index contributed by atoms with van der Waals surface area (Å²) < 4.78 is 5.59. The minimum atomic E-state index is 0.696. The lowest BCUT2D eigenvalue weighted by Crippen LogP contribution is -2.35. The van der Waals surface area contributed by atoms with Crippen molar-refractivity contribution < 1.29 is 4.74 Å². The van der Waals surface area contributed by atoms with Gasteiger partial charge in [-0.15, -0.1) is 0 Å². The maximum absolute atomic E-state index is 5.59. The Bertz CT molecular complexity index is 351. The molecule has 2 heteroatoms. The van der Waals surface area contributed by atoms with Gasteiger partial charge >= 0.3 is 0 Å². The molecule has 1 aliphatic heterocycles. The first-order valence-corrected chi connectivity index (χ1v) is 6.78. The van der Waals surface area contributed by atoms with Crippen molar-refractivity contribution in [2.75, 3.05) is 19.7 Å². The molecule has 1 heterocycles. The Morgan fingerprint density at radius 1 is 1.35 bits per heavy atom. The highest BCUT2D eigenvalue weighted by Crippen LogP contribution is 2.33. The predicted molar refractivity (Wildman–Crippen MR) is 71.6 cm³/mol. The maximum atomic E-state index is 5.59. The molecule has 2 rings (SSSR count). The van der Waals surface area contributed by atoms with Crippen LogP contribution in [0, 0.1) is 5.92 Å². The summed E-state index contributed by atoms with van der Waals surface area (Å²) >= 11 is 0. The fourth-order valence-corrected chi connectivity index (χ4v) is 2.79. The van der Waals surface area contributed by atoms with Crippen LogP contribution in [0.25, 0.3) is 0 Å². The first-order chi connectivity index (χ1) is 8.35. The molecule has 94 valence electrons. The van der Waals surface area contributed by atoms with Crippen molar-refractivity contribution >= 4 is 0 Å². The smallest absolute Gasteiger partial charge is 0.119 e. The summed E-state index contributed by atoms with van der Waals surface area (Å²) in [6.45, 7) is 7.36. The van der Waals surface area contributed by atoms with E-state index in [-0.39, 0.29) is 0 Å². The predicted octanol–water partition coefficient (Wildman–Crippen LogP) is 3.19. The maximum Gasteiger partial charge on any atom is 0.119 e. The third kappa shape index (κ3) is 3.01. The van der Waals surface area contributed by atoms with Crippen LogP contribution in [0.1, 0.15) is 38.2 Å². The van der Waals surface area contributed by atoms with E-state index < -0.39 is 0 Å². The lowest BCUT2D eigenvalue weighted by atomic mass is 9.80. The van der Waals surface area contributed by atoms with Crippen molar-refractivity contribution in [3.63, 3.8) is 0 Å². The minimum Gasteiger partial charge on any atom is -0.494 e. The second-order valence-corrected chi connectivity index (χ2v) is 4.77. The average Bonchev–Trinajstić information content (AvgIpc) is 2.39. The highest BCUT2D eigenvalue weighted by atomic mass is 16.5. The van der Waals surface area contributed by atoms with Gasteiger partial charge in [0.25, 0.3) is 0 Å². The fraction of sp³-hybridized carbons (Fsp3) is 0.600. The molecule has 0 saturated carbocycles. The minimum absolute atomic E-state index is 0.696. The number of hydrogen-bond acceptors (Lipinski definition) is 2. The Morgan fingerprint density at radius 3 is 3.00 bits per heavy atom. The second kappa shape index (κ2) is 6.06. The molecule has 0 aromatic heterocycles. The molecular formula is C15H23NO. The van der Waals surface area contributed by atoms with Crippen molar-refractivity contribution in [2.24, 2.45) is 5.92 Å². The van der Waals surface area contributed by atoms with Gasteiger partial charge in [-0.1, -0.05) is 25.5 Å². The van der Waals surface area contributed by atoms with E-state index in [1.165, 1.54) is 18.4 Å². The average molecular weight is 233 g/mol. The number of piperidine rings is 1. The molecule has 1 aliphatic rings. The van der Waals surface area contributed by atoms with Crippen LogP contribution in [-0.2, 0) is 0 Å². The van der Waals surface area contributed by atoms with Crippen molar-refractivity contribution in [2.45, 2.75) is 32.6 Å². The monoisotopic (exact) mass is 233 g/mol. The third-order valence-corrected chi connectivity index (χ3v) is 3.73. The largest absolute Gasteiger partial charge is 0.494 e. The van der Waals surface area contributed by atoms with Crippen molar-refractivity contribution in [1.82, 2.24) is 5.32 Å². The number of rotatable bonds is 4. The fourth-order valence-electron chi connectivity index (χ4n) is 2.79. The Hall–Kier alpha value is -1.02. The summed E-state index contributed by atoms with van der Waals surface area (Å²) in [5.41, 5.74) is 1.45. The van der Waals surface area contributed by atoms with Gasteiger partial charge in [-0.25, -0.2) is 0 Å². The topological polar surface area (TPSA) is 21.3 Å². The summed E-state index contributed by atoms with van der Waals surface area (Å²) in [6, 6.07) is 8.65. The Morgan fingerprint density at radius 2 is 2.24 bits per heavy atom. The molecule has 2 unspecified atom stereocenters. The van der Waals surface area contributed by atoms with E-state index in [0.29, 0.717) is 5.92 Å². The highest BCUT2D eigenvalue weighted by molar-refractivity contribution is 5.31. The molecule has 2 atom stereocenters. The van der Waals surface area contributed by atoms with E-state index in [9.17, 15) is 0 Å². The van der Waals surface area contributed by atoms with E-state index in [1.54, 1.807) is 0 Å². The van der Waals surface area contributed by atoms with Gasteiger partial charge in [0.2, 0.25) is 0 Å². The molecule has 1 N–H and O–H groups in total.